The monoisotopic (exact) mass is 462 g/mol. The van der Waals surface area contributed by atoms with Crippen molar-refractivity contribution in [1.82, 2.24) is 14.8 Å². The number of carbonyl (C=O) groups is 1. The maximum atomic E-state index is 13.8. The van der Waals surface area contributed by atoms with Gasteiger partial charge in [-0.3, -0.25) is 4.79 Å². The number of ether oxygens (including phenoxy) is 2. The summed E-state index contributed by atoms with van der Waals surface area (Å²) in [6, 6.07) is 10.7. The van der Waals surface area contributed by atoms with Gasteiger partial charge >= 0.3 is 0 Å². The first kappa shape index (κ1) is 23.5. The van der Waals surface area contributed by atoms with E-state index in [0.29, 0.717) is 22.5 Å². The molecule has 0 spiro atoms. The highest BCUT2D eigenvalue weighted by molar-refractivity contribution is 7.99. The van der Waals surface area contributed by atoms with Crippen LogP contribution in [0, 0.1) is 11.6 Å². The number of nitrogens with one attached hydrogen (secondary N) is 1. The van der Waals surface area contributed by atoms with Crippen molar-refractivity contribution in [2.45, 2.75) is 38.1 Å². The Hall–Kier alpha value is -3.14. The normalized spacial score (nSPS) is 12.0. The number of aromatic nitrogens is 3. The second-order valence-corrected chi connectivity index (χ2v) is 8.09. The highest BCUT2D eigenvalue weighted by atomic mass is 32.2. The molecule has 7 nitrogen and oxygen atoms in total. The van der Waals surface area contributed by atoms with Crippen molar-refractivity contribution in [3.05, 3.63) is 59.9 Å². The van der Waals surface area contributed by atoms with Crippen molar-refractivity contribution < 1.29 is 23.0 Å². The van der Waals surface area contributed by atoms with Gasteiger partial charge in [-0.05, 0) is 45.0 Å². The van der Waals surface area contributed by atoms with Crippen molar-refractivity contribution >= 4 is 23.4 Å². The number of rotatable bonds is 9. The van der Waals surface area contributed by atoms with Crippen LogP contribution in [0.5, 0.6) is 11.5 Å². The van der Waals surface area contributed by atoms with Crippen LogP contribution in [-0.2, 0) is 4.79 Å². The van der Waals surface area contributed by atoms with Crippen molar-refractivity contribution in [3.63, 3.8) is 0 Å². The maximum Gasteiger partial charge on any atom is 0.235 e. The first-order chi connectivity index (χ1) is 15.3. The summed E-state index contributed by atoms with van der Waals surface area (Å²) >= 11 is 1.12. The molecule has 0 fully saturated rings. The summed E-state index contributed by atoms with van der Waals surface area (Å²) in [4.78, 5) is 12.3. The van der Waals surface area contributed by atoms with E-state index in [4.69, 9.17) is 9.47 Å². The fraction of sp³-hybridized carbons (Fsp3) is 0.318. The average Bonchev–Trinajstić information content (AvgIpc) is 3.20. The minimum absolute atomic E-state index is 0.0155. The minimum Gasteiger partial charge on any atom is -0.493 e. The Bertz CT molecular complexity index is 1070. The summed E-state index contributed by atoms with van der Waals surface area (Å²) in [5.41, 5.74) is -0.469. The molecule has 32 heavy (non-hydrogen) atoms. The van der Waals surface area contributed by atoms with Crippen molar-refractivity contribution in [3.8, 4) is 11.5 Å². The number of anilines is 1. The molecule has 0 aliphatic carbocycles. The number of thioether (sulfide) groups is 1. The van der Waals surface area contributed by atoms with Gasteiger partial charge in [0, 0.05) is 6.04 Å². The lowest BCUT2D eigenvalue weighted by molar-refractivity contribution is -0.113. The van der Waals surface area contributed by atoms with Gasteiger partial charge in [0.25, 0.3) is 0 Å². The maximum absolute atomic E-state index is 13.8. The molecule has 0 bridgehead atoms. The lowest BCUT2D eigenvalue weighted by atomic mass is 10.3. The summed E-state index contributed by atoms with van der Waals surface area (Å²) in [5, 5.41) is 11.2. The molecule has 3 rings (SSSR count). The third-order valence-electron chi connectivity index (χ3n) is 4.50. The largest absolute Gasteiger partial charge is 0.493 e. The average molecular weight is 463 g/mol. The van der Waals surface area contributed by atoms with E-state index in [-0.39, 0.29) is 11.8 Å². The Labute approximate surface area is 189 Å². The zero-order valence-corrected chi connectivity index (χ0v) is 19.0. The number of methoxy groups -OCH3 is 1. The highest BCUT2D eigenvalue weighted by Crippen LogP contribution is 2.32. The predicted molar refractivity (Wildman–Crippen MR) is 118 cm³/mol. The van der Waals surface area contributed by atoms with Gasteiger partial charge in [-0.1, -0.05) is 30.0 Å². The van der Waals surface area contributed by atoms with Gasteiger partial charge in [0.2, 0.25) is 5.91 Å². The number of carbonyl (C=O) groups excluding carboxylic acids is 1. The van der Waals surface area contributed by atoms with Crippen LogP contribution in [0.2, 0.25) is 0 Å². The van der Waals surface area contributed by atoms with E-state index in [9.17, 15) is 13.6 Å². The number of benzene rings is 2. The van der Waals surface area contributed by atoms with Crippen molar-refractivity contribution in [2.75, 3.05) is 18.2 Å². The summed E-state index contributed by atoms with van der Waals surface area (Å²) < 4.78 is 40.7. The third kappa shape index (κ3) is 5.37. The Morgan fingerprint density at radius 3 is 2.34 bits per heavy atom. The van der Waals surface area contributed by atoms with Gasteiger partial charge in [-0.25, -0.2) is 8.78 Å². The second-order valence-electron chi connectivity index (χ2n) is 7.15. The van der Waals surface area contributed by atoms with Crippen LogP contribution in [-0.4, -0.2) is 33.5 Å². The Morgan fingerprint density at radius 1 is 1.06 bits per heavy atom. The van der Waals surface area contributed by atoms with Crippen molar-refractivity contribution in [1.29, 1.82) is 0 Å². The highest BCUT2D eigenvalue weighted by Gasteiger charge is 2.23. The molecule has 0 radical (unpaired) electrons. The summed E-state index contributed by atoms with van der Waals surface area (Å²) in [7, 11) is 1.57. The lowest BCUT2D eigenvalue weighted by Crippen LogP contribution is -2.18. The van der Waals surface area contributed by atoms with Gasteiger partial charge in [0.05, 0.1) is 12.9 Å². The van der Waals surface area contributed by atoms with Crippen LogP contribution in [0.25, 0.3) is 0 Å². The molecule has 0 aliphatic heterocycles. The molecular formula is C22H24F2N4O3S. The topological polar surface area (TPSA) is 78.3 Å². The van der Waals surface area contributed by atoms with E-state index in [0.717, 1.165) is 23.9 Å². The first-order valence-corrected chi connectivity index (χ1v) is 10.9. The summed E-state index contributed by atoms with van der Waals surface area (Å²) in [6.07, 6.45) is -0.447. The number of para-hydroxylation sites is 3. The molecule has 1 amide bonds. The number of halogens is 2. The molecule has 0 aliphatic rings. The Morgan fingerprint density at radius 2 is 1.72 bits per heavy atom. The molecule has 0 saturated carbocycles. The van der Waals surface area contributed by atoms with E-state index in [1.807, 2.05) is 37.5 Å². The number of hydrogen-bond acceptors (Lipinski definition) is 6. The molecular weight excluding hydrogens is 438 g/mol. The summed E-state index contributed by atoms with van der Waals surface area (Å²) in [6.45, 7) is 5.76. The fourth-order valence-electron chi connectivity index (χ4n) is 3.03. The van der Waals surface area contributed by atoms with Gasteiger partial charge in [-0.15, -0.1) is 10.2 Å². The van der Waals surface area contributed by atoms with Crippen LogP contribution in [0.15, 0.2) is 47.6 Å². The van der Waals surface area contributed by atoms with Gasteiger partial charge in [-0.2, -0.15) is 0 Å². The van der Waals surface area contributed by atoms with E-state index >= 15 is 0 Å². The van der Waals surface area contributed by atoms with Crippen LogP contribution in [0.3, 0.4) is 0 Å². The second kappa shape index (κ2) is 10.4. The quantitative estimate of drug-likeness (QED) is 0.450. The summed E-state index contributed by atoms with van der Waals surface area (Å²) in [5.74, 6) is -0.578. The van der Waals surface area contributed by atoms with Crippen molar-refractivity contribution in [2.24, 2.45) is 0 Å². The van der Waals surface area contributed by atoms with Crippen LogP contribution in [0.4, 0.5) is 14.5 Å². The van der Waals surface area contributed by atoms with Crippen LogP contribution >= 0.6 is 11.8 Å². The van der Waals surface area contributed by atoms with E-state index < -0.39 is 29.3 Å². The Balaban J connectivity index is 1.72. The minimum atomic E-state index is -0.835. The zero-order valence-electron chi connectivity index (χ0n) is 18.1. The number of amides is 1. The molecule has 2 aromatic carbocycles. The lowest BCUT2D eigenvalue weighted by Gasteiger charge is -2.19. The van der Waals surface area contributed by atoms with E-state index in [2.05, 4.69) is 15.5 Å². The van der Waals surface area contributed by atoms with Crippen LogP contribution < -0.4 is 14.8 Å². The SMILES string of the molecule is COc1ccccc1OC(C)c1nnc(SCC(=O)Nc2c(F)cccc2F)n1C(C)C. The molecule has 1 N–H and O–H groups in total. The number of hydrogen-bond donors (Lipinski definition) is 1. The Kier molecular flexibility index (Phi) is 7.68. The molecule has 10 heteroatoms. The molecule has 1 aromatic heterocycles. The first-order valence-electron chi connectivity index (χ1n) is 9.93. The van der Waals surface area contributed by atoms with Gasteiger partial charge in [0.15, 0.2) is 28.6 Å². The smallest absolute Gasteiger partial charge is 0.235 e. The van der Waals surface area contributed by atoms with E-state index in [1.54, 1.807) is 19.2 Å². The zero-order chi connectivity index (χ0) is 23.3. The molecule has 0 saturated heterocycles. The molecule has 1 atom stereocenters. The molecule has 170 valence electrons. The molecule has 3 aromatic rings. The van der Waals surface area contributed by atoms with Crippen LogP contribution in [0.1, 0.15) is 38.7 Å². The standard InChI is InChI=1S/C22H24F2N4O3S/c1-13(2)28-21(14(3)31-18-11-6-5-10-17(18)30-4)26-27-22(28)32-12-19(29)25-20-15(23)8-7-9-16(20)24/h5-11,13-14H,12H2,1-4H3,(H,25,29). The van der Waals surface area contributed by atoms with Gasteiger partial charge in [0.1, 0.15) is 17.3 Å². The van der Waals surface area contributed by atoms with Gasteiger partial charge < -0.3 is 19.4 Å². The molecule has 1 heterocycles. The predicted octanol–water partition coefficient (Wildman–Crippen LogP) is 5.02. The van der Waals surface area contributed by atoms with E-state index in [1.165, 1.54) is 6.07 Å². The third-order valence-corrected chi connectivity index (χ3v) is 5.45. The number of nitrogens with zero attached hydrogens (tertiary/aromatic N) is 3. The molecule has 1 unspecified atom stereocenters. The fourth-order valence-corrected chi connectivity index (χ4v) is 3.91.